The summed E-state index contributed by atoms with van der Waals surface area (Å²) in [6, 6.07) is 27.5. The zero-order chi connectivity index (χ0) is 21.9. The van der Waals surface area contributed by atoms with Crippen LogP contribution in [-0.4, -0.2) is 52.8 Å². The van der Waals surface area contributed by atoms with Crippen LogP contribution < -0.4 is 0 Å². The van der Waals surface area contributed by atoms with E-state index in [0.29, 0.717) is 5.56 Å². The van der Waals surface area contributed by atoms with Crippen LogP contribution >= 0.6 is 0 Å². The summed E-state index contributed by atoms with van der Waals surface area (Å²) in [6.07, 6.45) is 0. The predicted octanol–water partition coefficient (Wildman–Crippen LogP) is 5.09. The number of benzene rings is 3. The van der Waals surface area contributed by atoms with Crippen molar-refractivity contribution in [2.24, 2.45) is 0 Å². The van der Waals surface area contributed by atoms with E-state index in [1.54, 1.807) is 6.07 Å². The second kappa shape index (κ2) is 9.07. The molecular formula is C27H27FN4. The van der Waals surface area contributed by atoms with Gasteiger partial charge in [-0.15, -0.1) is 0 Å². The molecule has 0 radical (unpaired) electrons. The minimum Gasteiger partial charge on any atom is -0.304 e. The van der Waals surface area contributed by atoms with Crippen LogP contribution in [0.5, 0.6) is 0 Å². The number of rotatable bonds is 5. The van der Waals surface area contributed by atoms with Crippen molar-refractivity contribution in [2.75, 3.05) is 33.2 Å². The molecule has 1 aliphatic heterocycles. The fraction of sp³-hybridized carbons (Fsp3) is 0.222. The fourth-order valence-electron chi connectivity index (χ4n) is 4.23. The van der Waals surface area contributed by atoms with E-state index in [-0.39, 0.29) is 5.82 Å². The van der Waals surface area contributed by atoms with Crippen LogP contribution in [0.25, 0.3) is 28.1 Å². The Kier molecular flexibility index (Phi) is 5.84. The lowest BCUT2D eigenvalue weighted by Crippen LogP contribution is -2.43. The SMILES string of the molecule is CN1CCN(Cc2cc(-c3ccccc3F)n(-c3ccc(-c4ccccc4)cc3)n2)CC1. The third kappa shape index (κ3) is 4.35. The standard InChI is InChI=1S/C27H27FN4/c1-30-15-17-31(18-16-30)20-23-19-27(25-9-5-6-10-26(25)28)32(29-23)24-13-11-22(12-14-24)21-7-3-2-4-8-21/h2-14,19H,15-18,20H2,1H3. The molecule has 0 unspecified atom stereocenters. The van der Waals surface area contributed by atoms with Gasteiger partial charge in [0.1, 0.15) is 5.82 Å². The summed E-state index contributed by atoms with van der Waals surface area (Å²) >= 11 is 0. The summed E-state index contributed by atoms with van der Waals surface area (Å²) in [4.78, 5) is 4.75. The van der Waals surface area contributed by atoms with Crippen molar-refractivity contribution in [1.29, 1.82) is 0 Å². The molecule has 2 heterocycles. The molecule has 32 heavy (non-hydrogen) atoms. The van der Waals surface area contributed by atoms with Gasteiger partial charge in [-0.1, -0.05) is 54.6 Å². The molecule has 0 saturated carbocycles. The highest BCUT2D eigenvalue weighted by Gasteiger charge is 2.19. The van der Waals surface area contributed by atoms with Crippen LogP contribution in [0.15, 0.2) is 84.9 Å². The normalized spacial score (nSPS) is 15.2. The molecule has 1 aromatic heterocycles. The molecule has 0 bridgehead atoms. The number of halogens is 1. The number of aromatic nitrogens is 2. The van der Waals surface area contributed by atoms with Crippen LogP contribution in [0.1, 0.15) is 5.69 Å². The molecule has 162 valence electrons. The zero-order valence-corrected chi connectivity index (χ0v) is 18.3. The first-order valence-corrected chi connectivity index (χ1v) is 11.1. The van der Waals surface area contributed by atoms with Gasteiger partial charge in [0, 0.05) is 38.3 Å². The molecule has 1 aliphatic rings. The molecule has 4 aromatic rings. The van der Waals surface area contributed by atoms with Crippen molar-refractivity contribution >= 4 is 0 Å². The highest BCUT2D eigenvalue weighted by Crippen LogP contribution is 2.28. The largest absolute Gasteiger partial charge is 0.304 e. The van der Waals surface area contributed by atoms with Gasteiger partial charge in [0.15, 0.2) is 0 Å². The summed E-state index contributed by atoms with van der Waals surface area (Å²) in [7, 11) is 2.15. The first kappa shape index (κ1) is 20.6. The van der Waals surface area contributed by atoms with E-state index in [1.165, 1.54) is 11.6 Å². The smallest absolute Gasteiger partial charge is 0.132 e. The van der Waals surface area contributed by atoms with E-state index >= 15 is 0 Å². The average Bonchev–Trinajstić information content (AvgIpc) is 3.25. The van der Waals surface area contributed by atoms with E-state index in [9.17, 15) is 4.39 Å². The quantitative estimate of drug-likeness (QED) is 0.444. The van der Waals surface area contributed by atoms with Crippen LogP contribution in [0, 0.1) is 5.82 Å². The molecule has 0 aliphatic carbocycles. The van der Waals surface area contributed by atoms with Crippen LogP contribution in [-0.2, 0) is 6.54 Å². The van der Waals surface area contributed by atoms with Gasteiger partial charge in [-0.2, -0.15) is 5.10 Å². The summed E-state index contributed by atoms with van der Waals surface area (Å²) < 4.78 is 16.6. The topological polar surface area (TPSA) is 24.3 Å². The number of hydrogen-bond donors (Lipinski definition) is 0. The Morgan fingerprint density at radius 3 is 2.16 bits per heavy atom. The van der Waals surface area contributed by atoms with Gasteiger partial charge >= 0.3 is 0 Å². The monoisotopic (exact) mass is 426 g/mol. The molecule has 0 spiro atoms. The maximum Gasteiger partial charge on any atom is 0.132 e. The maximum absolute atomic E-state index is 14.7. The van der Waals surface area contributed by atoms with Crippen LogP contribution in [0.3, 0.4) is 0 Å². The molecular weight excluding hydrogens is 399 g/mol. The Bertz CT molecular complexity index is 1180. The second-order valence-electron chi connectivity index (χ2n) is 8.40. The summed E-state index contributed by atoms with van der Waals surface area (Å²) in [5, 5.41) is 4.91. The molecule has 1 fully saturated rings. The Balaban J connectivity index is 1.50. The fourth-order valence-corrected chi connectivity index (χ4v) is 4.23. The van der Waals surface area contributed by atoms with Crippen molar-refractivity contribution < 1.29 is 4.39 Å². The van der Waals surface area contributed by atoms with Gasteiger partial charge in [0.25, 0.3) is 0 Å². The van der Waals surface area contributed by atoms with Crippen LogP contribution in [0.4, 0.5) is 4.39 Å². The van der Waals surface area contributed by atoms with Gasteiger partial charge in [0.2, 0.25) is 0 Å². The predicted molar refractivity (Wildman–Crippen MR) is 127 cm³/mol. The average molecular weight is 427 g/mol. The zero-order valence-electron chi connectivity index (χ0n) is 18.3. The van der Waals surface area contributed by atoms with Crippen molar-refractivity contribution in [3.05, 3.63) is 96.4 Å². The highest BCUT2D eigenvalue weighted by atomic mass is 19.1. The molecule has 0 amide bonds. The highest BCUT2D eigenvalue weighted by molar-refractivity contribution is 5.67. The number of piperazine rings is 1. The molecule has 5 rings (SSSR count). The van der Waals surface area contributed by atoms with Gasteiger partial charge in [-0.25, -0.2) is 9.07 Å². The van der Waals surface area contributed by atoms with E-state index in [0.717, 1.165) is 55.4 Å². The number of hydrogen-bond acceptors (Lipinski definition) is 3. The first-order valence-electron chi connectivity index (χ1n) is 11.1. The number of likely N-dealkylation sites (N-methyl/N-ethyl adjacent to an activating group) is 1. The Labute approximate surface area is 188 Å². The molecule has 0 N–H and O–H groups in total. The van der Waals surface area contributed by atoms with Crippen LogP contribution in [0.2, 0.25) is 0 Å². The van der Waals surface area contributed by atoms with Crippen molar-refractivity contribution in [1.82, 2.24) is 19.6 Å². The Morgan fingerprint density at radius 1 is 0.781 bits per heavy atom. The van der Waals surface area contributed by atoms with Crippen molar-refractivity contribution in [3.63, 3.8) is 0 Å². The van der Waals surface area contributed by atoms with Crippen molar-refractivity contribution in [2.45, 2.75) is 6.54 Å². The maximum atomic E-state index is 14.7. The summed E-state index contributed by atoms with van der Waals surface area (Å²) in [5.41, 5.74) is 5.54. The lowest BCUT2D eigenvalue weighted by molar-refractivity contribution is 0.147. The summed E-state index contributed by atoms with van der Waals surface area (Å²) in [6.45, 7) is 4.92. The lowest BCUT2D eigenvalue weighted by atomic mass is 10.1. The van der Waals surface area contributed by atoms with E-state index in [1.807, 2.05) is 41.1 Å². The van der Waals surface area contributed by atoms with E-state index in [2.05, 4.69) is 53.2 Å². The van der Waals surface area contributed by atoms with Gasteiger partial charge < -0.3 is 4.90 Å². The molecule has 0 atom stereocenters. The molecule has 5 heteroatoms. The third-order valence-corrected chi connectivity index (χ3v) is 6.11. The van der Waals surface area contributed by atoms with Crippen molar-refractivity contribution in [3.8, 4) is 28.1 Å². The Morgan fingerprint density at radius 2 is 1.44 bits per heavy atom. The second-order valence-corrected chi connectivity index (χ2v) is 8.40. The number of nitrogens with zero attached hydrogens (tertiary/aromatic N) is 4. The molecule has 1 saturated heterocycles. The van der Waals surface area contributed by atoms with Gasteiger partial charge in [-0.05, 0) is 48.5 Å². The van der Waals surface area contributed by atoms with Gasteiger partial charge in [0.05, 0.1) is 17.1 Å². The lowest BCUT2D eigenvalue weighted by Gasteiger charge is -2.31. The van der Waals surface area contributed by atoms with Gasteiger partial charge in [-0.3, -0.25) is 4.90 Å². The molecule has 4 nitrogen and oxygen atoms in total. The van der Waals surface area contributed by atoms with E-state index in [4.69, 9.17) is 5.10 Å². The van der Waals surface area contributed by atoms with E-state index < -0.39 is 0 Å². The first-order chi connectivity index (χ1) is 15.7. The molecule has 3 aromatic carbocycles. The Hall–Kier alpha value is -3.28. The third-order valence-electron chi connectivity index (χ3n) is 6.11. The minimum atomic E-state index is -0.235. The minimum absolute atomic E-state index is 0.235. The summed E-state index contributed by atoms with van der Waals surface area (Å²) in [5.74, 6) is -0.235.